The number of aliphatic hydroxyl groups is 1. The van der Waals surface area contributed by atoms with Crippen molar-refractivity contribution in [2.45, 2.75) is 37.6 Å². The summed E-state index contributed by atoms with van der Waals surface area (Å²) >= 11 is 0. The van der Waals surface area contributed by atoms with Crippen LogP contribution in [0.2, 0.25) is 0 Å². The molecule has 0 fully saturated rings. The summed E-state index contributed by atoms with van der Waals surface area (Å²) in [6, 6.07) is 16.4. The van der Waals surface area contributed by atoms with Gasteiger partial charge in [0.05, 0.1) is 17.3 Å². The molecule has 0 aliphatic carbocycles. The van der Waals surface area contributed by atoms with Crippen LogP contribution in [-0.2, 0) is 21.2 Å². The second-order valence-electron chi connectivity index (χ2n) is 6.93. The molecule has 2 aromatic carbocycles. The first-order valence-corrected chi connectivity index (χ1v) is 10.7. The highest BCUT2D eigenvalue weighted by Crippen LogP contribution is 2.27. The van der Waals surface area contributed by atoms with E-state index in [9.17, 15) is 13.2 Å². The van der Waals surface area contributed by atoms with E-state index < -0.39 is 16.4 Å². The molecule has 5 nitrogen and oxygen atoms in total. The highest BCUT2D eigenvalue weighted by molar-refractivity contribution is 7.91. The predicted molar refractivity (Wildman–Crippen MR) is 106 cm³/mol. The van der Waals surface area contributed by atoms with Gasteiger partial charge in [0.2, 0.25) is 5.91 Å². The Morgan fingerprint density at radius 2 is 1.67 bits per heavy atom. The van der Waals surface area contributed by atoms with Crippen molar-refractivity contribution >= 4 is 15.7 Å². The van der Waals surface area contributed by atoms with Crippen molar-refractivity contribution in [3.8, 4) is 0 Å². The molecular formula is C21H27NO4S. The van der Waals surface area contributed by atoms with Gasteiger partial charge in [0.15, 0.2) is 9.84 Å². The van der Waals surface area contributed by atoms with Crippen LogP contribution in [0.1, 0.15) is 37.3 Å². The summed E-state index contributed by atoms with van der Waals surface area (Å²) in [6.45, 7) is 4.16. The van der Waals surface area contributed by atoms with Gasteiger partial charge < -0.3 is 10.4 Å². The van der Waals surface area contributed by atoms with Crippen molar-refractivity contribution in [1.29, 1.82) is 0 Å². The van der Waals surface area contributed by atoms with Gasteiger partial charge in [0, 0.05) is 13.0 Å². The average Bonchev–Trinajstić information content (AvgIpc) is 2.65. The number of carbonyl (C=O) groups excluding carboxylic acids is 1. The summed E-state index contributed by atoms with van der Waals surface area (Å²) in [5.74, 6) is 0.167. The molecule has 0 radical (unpaired) electrons. The summed E-state index contributed by atoms with van der Waals surface area (Å²) in [7, 11) is -3.45. The van der Waals surface area contributed by atoms with Gasteiger partial charge in [0.25, 0.3) is 0 Å². The van der Waals surface area contributed by atoms with Gasteiger partial charge in [-0.05, 0) is 35.1 Å². The van der Waals surface area contributed by atoms with Crippen LogP contribution in [0, 0.1) is 5.92 Å². The Morgan fingerprint density at radius 1 is 1.04 bits per heavy atom. The minimum Gasteiger partial charge on any atom is -0.395 e. The number of hydrogen-bond acceptors (Lipinski definition) is 4. The molecule has 0 bridgehead atoms. The fourth-order valence-electron chi connectivity index (χ4n) is 2.96. The lowest BCUT2D eigenvalue weighted by Gasteiger charge is -2.21. The van der Waals surface area contributed by atoms with E-state index in [1.165, 1.54) is 12.1 Å². The Balaban J connectivity index is 1.95. The van der Waals surface area contributed by atoms with Crippen molar-refractivity contribution in [1.82, 2.24) is 5.32 Å². The number of benzene rings is 2. The van der Waals surface area contributed by atoms with E-state index in [4.69, 9.17) is 5.11 Å². The molecule has 1 atom stereocenters. The summed E-state index contributed by atoms with van der Waals surface area (Å²) in [5, 5.41) is 11.7. The van der Waals surface area contributed by atoms with Crippen LogP contribution in [0.5, 0.6) is 0 Å². The number of aliphatic hydroxyl groups excluding tert-OH is 1. The zero-order chi connectivity index (χ0) is 19.9. The smallest absolute Gasteiger partial charge is 0.220 e. The highest BCUT2D eigenvalue weighted by atomic mass is 32.2. The third-order valence-electron chi connectivity index (χ3n) is 4.57. The maximum atomic E-state index is 12.4. The quantitative estimate of drug-likeness (QED) is 0.691. The van der Waals surface area contributed by atoms with Crippen molar-refractivity contribution in [2.24, 2.45) is 5.92 Å². The first-order chi connectivity index (χ1) is 12.8. The monoisotopic (exact) mass is 389 g/mol. The third kappa shape index (κ3) is 6.19. The fraction of sp³-hybridized carbons (Fsp3) is 0.381. The van der Waals surface area contributed by atoms with E-state index >= 15 is 0 Å². The summed E-state index contributed by atoms with van der Waals surface area (Å²) in [6.07, 6.45) is 0.407. The maximum Gasteiger partial charge on any atom is 0.220 e. The lowest BCUT2D eigenvalue weighted by molar-refractivity contribution is -0.121. The molecule has 27 heavy (non-hydrogen) atoms. The van der Waals surface area contributed by atoms with Gasteiger partial charge in [-0.15, -0.1) is 0 Å². The predicted octanol–water partition coefficient (Wildman–Crippen LogP) is 2.90. The van der Waals surface area contributed by atoms with Gasteiger partial charge in [-0.3, -0.25) is 4.79 Å². The first-order valence-electron chi connectivity index (χ1n) is 9.07. The third-order valence-corrected chi connectivity index (χ3v) is 6.28. The Kier molecular flexibility index (Phi) is 7.56. The zero-order valence-electron chi connectivity index (χ0n) is 15.8. The Morgan fingerprint density at radius 3 is 2.22 bits per heavy atom. The minimum atomic E-state index is -3.45. The summed E-state index contributed by atoms with van der Waals surface area (Å²) in [5.41, 5.74) is 1.98. The molecule has 6 heteroatoms. The molecule has 2 N–H and O–H groups in total. The molecule has 146 valence electrons. The van der Waals surface area contributed by atoms with Crippen molar-refractivity contribution < 1.29 is 18.3 Å². The number of amides is 1. The standard InChI is InChI=1S/C21H27NO4S/c1-16(2)20(18-6-4-3-5-7-18)14-21(24)22-15-17-8-10-19(11-9-17)27(25,26)13-12-23/h3-11,16,20,23H,12-15H2,1-2H3,(H,22,24). The molecular weight excluding hydrogens is 362 g/mol. The average molecular weight is 390 g/mol. The van der Waals surface area contributed by atoms with Gasteiger partial charge in [-0.25, -0.2) is 8.42 Å². The molecule has 0 saturated heterocycles. The molecule has 1 amide bonds. The largest absolute Gasteiger partial charge is 0.395 e. The normalized spacial score (nSPS) is 12.7. The van der Waals surface area contributed by atoms with Crippen LogP contribution in [0.4, 0.5) is 0 Å². The van der Waals surface area contributed by atoms with Gasteiger partial charge in [0.1, 0.15) is 0 Å². The number of nitrogens with one attached hydrogen (secondary N) is 1. The van der Waals surface area contributed by atoms with Crippen LogP contribution in [0.3, 0.4) is 0 Å². The number of carbonyl (C=O) groups is 1. The van der Waals surface area contributed by atoms with Gasteiger partial charge >= 0.3 is 0 Å². The molecule has 0 heterocycles. The molecule has 1 unspecified atom stereocenters. The van der Waals surface area contributed by atoms with Crippen molar-refractivity contribution in [3.63, 3.8) is 0 Å². The van der Waals surface area contributed by atoms with Crippen LogP contribution in [0.15, 0.2) is 59.5 Å². The summed E-state index contributed by atoms with van der Waals surface area (Å²) < 4.78 is 23.8. The molecule has 0 saturated carbocycles. The molecule has 2 rings (SSSR count). The topological polar surface area (TPSA) is 83.5 Å². The van der Waals surface area contributed by atoms with Crippen LogP contribution < -0.4 is 5.32 Å². The zero-order valence-corrected chi connectivity index (χ0v) is 16.6. The number of hydrogen-bond donors (Lipinski definition) is 2. The molecule has 0 aliphatic rings. The van der Waals surface area contributed by atoms with E-state index in [1.54, 1.807) is 12.1 Å². The van der Waals surface area contributed by atoms with E-state index in [1.807, 2.05) is 30.3 Å². The molecule has 0 aromatic heterocycles. The van der Waals surface area contributed by atoms with Crippen LogP contribution in [0.25, 0.3) is 0 Å². The lowest BCUT2D eigenvalue weighted by atomic mass is 9.85. The van der Waals surface area contributed by atoms with Crippen LogP contribution >= 0.6 is 0 Å². The summed E-state index contributed by atoms with van der Waals surface area (Å²) in [4.78, 5) is 12.6. The van der Waals surface area contributed by atoms with E-state index in [0.717, 1.165) is 11.1 Å². The molecule has 0 spiro atoms. The Hall–Kier alpha value is -2.18. The second kappa shape index (κ2) is 9.67. The molecule has 0 aliphatic heterocycles. The first kappa shape index (κ1) is 21.1. The van der Waals surface area contributed by atoms with Gasteiger partial charge in [-0.1, -0.05) is 56.3 Å². The van der Waals surface area contributed by atoms with Gasteiger partial charge in [-0.2, -0.15) is 0 Å². The van der Waals surface area contributed by atoms with E-state index in [0.29, 0.717) is 18.9 Å². The number of rotatable bonds is 9. The van der Waals surface area contributed by atoms with E-state index in [-0.39, 0.29) is 22.5 Å². The highest BCUT2D eigenvalue weighted by Gasteiger charge is 2.19. The Bertz CT molecular complexity index is 830. The maximum absolute atomic E-state index is 12.4. The molecule has 2 aromatic rings. The van der Waals surface area contributed by atoms with E-state index in [2.05, 4.69) is 19.2 Å². The minimum absolute atomic E-state index is 0.0328. The van der Waals surface area contributed by atoms with Crippen molar-refractivity contribution in [2.75, 3.05) is 12.4 Å². The SMILES string of the molecule is CC(C)C(CC(=O)NCc1ccc(S(=O)(=O)CCO)cc1)c1ccccc1. The lowest BCUT2D eigenvalue weighted by Crippen LogP contribution is -2.26. The van der Waals surface area contributed by atoms with Crippen molar-refractivity contribution in [3.05, 3.63) is 65.7 Å². The Labute approximate surface area is 161 Å². The second-order valence-corrected chi connectivity index (χ2v) is 9.04. The number of sulfone groups is 1. The van der Waals surface area contributed by atoms with Crippen LogP contribution in [-0.4, -0.2) is 31.8 Å². The fourth-order valence-corrected chi connectivity index (χ4v) is 3.99.